The van der Waals surface area contributed by atoms with E-state index in [2.05, 4.69) is 25.6 Å². The van der Waals surface area contributed by atoms with Crippen LogP contribution >= 0.6 is 11.6 Å². The largest absolute Gasteiger partial charge is 0.342 e. The van der Waals surface area contributed by atoms with Crippen molar-refractivity contribution in [3.8, 4) is 0 Å². The average Bonchev–Trinajstić information content (AvgIpc) is 3.06. The number of hydrogen-bond donors (Lipinski definition) is 1. The van der Waals surface area contributed by atoms with Gasteiger partial charge >= 0.3 is 0 Å². The van der Waals surface area contributed by atoms with Gasteiger partial charge in [0, 0.05) is 11.2 Å². The number of aromatic nitrogens is 5. The molecule has 1 aromatic carbocycles. The second kappa shape index (κ2) is 7.18. The molecular formula is C16H15ClN6O. The molecule has 0 aliphatic carbocycles. The Hall–Kier alpha value is -2.80. The molecule has 2 aromatic heterocycles. The minimum Gasteiger partial charge on any atom is -0.342 e. The summed E-state index contributed by atoms with van der Waals surface area (Å²) in [5, 5.41) is 11.4. The van der Waals surface area contributed by atoms with E-state index in [0.717, 1.165) is 11.3 Å². The number of hydrogen-bond acceptors (Lipinski definition) is 5. The zero-order valence-electron chi connectivity index (χ0n) is 12.9. The molecule has 3 rings (SSSR count). The quantitative estimate of drug-likeness (QED) is 0.768. The van der Waals surface area contributed by atoms with Crippen molar-refractivity contribution in [1.82, 2.24) is 30.3 Å². The highest BCUT2D eigenvalue weighted by Gasteiger charge is 2.15. The first-order chi connectivity index (χ1) is 11.6. The average molecular weight is 343 g/mol. The summed E-state index contributed by atoms with van der Waals surface area (Å²) < 4.78 is 1.57. The van der Waals surface area contributed by atoms with Crippen LogP contribution in [0.1, 0.15) is 34.7 Å². The molecule has 1 atom stereocenters. The molecule has 0 saturated carbocycles. The minimum atomic E-state index is -0.313. The molecule has 8 heteroatoms. The zero-order chi connectivity index (χ0) is 16.9. The monoisotopic (exact) mass is 342 g/mol. The molecule has 7 nitrogen and oxygen atoms in total. The van der Waals surface area contributed by atoms with Crippen molar-refractivity contribution in [3.63, 3.8) is 0 Å². The Kier molecular flexibility index (Phi) is 4.81. The van der Waals surface area contributed by atoms with Crippen LogP contribution in [0.25, 0.3) is 0 Å². The molecule has 122 valence electrons. The lowest BCUT2D eigenvalue weighted by atomic mass is 10.2. The number of benzene rings is 1. The third-order valence-corrected chi connectivity index (χ3v) is 3.83. The van der Waals surface area contributed by atoms with E-state index in [1.165, 1.54) is 6.33 Å². The van der Waals surface area contributed by atoms with Crippen molar-refractivity contribution >= 4 is 17.5 Å². The Morgan fingerprint density at radius 2 is 2.17 bits per heavy atom. The summed E-state index contributed by atoms with van der Waals surface area (Å²) in [6.45, 7) is 2.29. The van der Waals surface area contributed by atoms with Gasteiger partial charge in [0.15, 0.2) is 5.69 Å². The van der Waals surface area contributed by atoms with E-state index >= 15 is 0 Å². The van der Waals surface area contributed by atoms with E-state index in [0.29, 0.717) is 11.6 Å². The summed E-state index contributed by atoms with van der Waals surface area (Å²) in [4.78, 5) is 20.2. The van der Waals surface area contributed by atoms with Crippen LogP contribution in [-0.2, 0) is 6.54 Å². The number of halogens is 1. The highest BCUT2D eigenvalue weighted by atomic mass is 35.5. The first-order valence-electron chi connectivity index (χ1n) is 7.34. The SMILES string of the molecule is C[C@H](NC(=O)c1cn(Cc2ccccc2Cl)nn1)c1ccncn1. The maximum atomic E-state index is 12.3. The Balaban J connectivity index is 1.67. The van der Waals surface area contributed by atoms with Gasteiger partial charge in [-0.3, -0.25) is 4.79 Å². The summed E-state index contributed by atoms with van der Waals surface area (Å²) >= 11 is 6.13. The molecule has 0 aliphatic heterocycles. The summed E-state index contributed by atoms with van der Waals surface area (Å²) in [5.41, 5.74) is 1.87. The Morgan fingerprint density at radius 1 is 1.33 bits per heavy atom. The summed E-state index contributed by atoms with van der Waals surface area (Å²) in [6.07, 6.45) is 4.66. The lowest BCUT2D eigenvalue weighted by Crippen LogP contribution is -2.27. The molecule has 0 fully saturated rings. The molecule has 0 radical (unpaired) electrons. The summed E-state index contributed by atoms with van der Waals surface area (Å²) in [6, 6.07) is 8.97. The molecule has 0 saturated heterocycles. The van der Waals surface area contributed by atoms with Crippen LogP contribution in [0.5, 0.6) is 0 Å². The standard InChI is InChI=1S/C16H15ClN6O/c1-11(14-6-7-18-10-19-14)20-16(24)15-9-23(22-21-15)8-12-4-2-3-5-13(12)17/h2-7,9-11H,8H2,1H3,(H,20,24)/t11-/m0/s1. The van der Waals surface area contributed by atoms with Gasteiger partial charge in [-0.25, -0.2) is 14.6 Å². The first kappa shape index (κ1) is 16.1. The maximum absolute atomic E-state index is 12.3. The Labute approximate surface area is 143 Å². The molecule has 3 aromatic rings. The van der Waals surface area contributed by atoms with Gasteiger partial charge in [-0.1, -0.05) is 35.0 Å². The number of carbonyl (C=O) groups excluding carboxylic acids is 1. The summed E-state index contributed by atoms with van der Waals surface area (Å²) in [7, 11) is 0. The molecule has 0 spiro atoms. The van der Waals surface area contributed by atoms with Gasteiger partial charge in [-0.15, -0.1) is 5.10 Å². The lowest BCUT2D eigenvalue weighted by molar-refractivity contribution is 0.0934. The second-order valence-electron chi connectivity index (χ2n) is 5.22. The second-order valence-corrected chi connectivity index (χ2v) is 5.63. The predicted molar refractivity (Wildman–Crippen MR) is 88.5 cm³/mol. The topological polar surface area (TPSA) is 85.6 Å². The third-order valence-electron chi connectivity index (χ3n) is 3.46. The van der Waals surface area contributed by atoms with Crippen molar-refractivity contribution in [2.24, 2.45) is 0 Å². The number of carbonyl (C=O) groups is 1. The van der Waals surface area contributed by atoms with Crippen LogP contribution in [0.2, 0.25) is 5.02 Å². The van der Waals surface area contributed by atoms with Gasteiger partial charge < -0.3 is 5.32 Å². The Morgan fingerprint density at radius 3 is 2.92 bits per heavy atom. The molecule has 0 bridgehead atoms. The minimum absolute atomic E-state index is 0.239. The molecule has 1 amide bonds. The lowest BCUT2D eigenvalue weighted by Gasteiger charge is -2.11. The first-order valence-corrected chi connectivity index (χ1v) is 7.71. The maximum Gasteiger partial charge on any atom is 0.273 e. The van der Waals surface area contributed by atoms with Gasteiger partial charge in [0.25, 0.3) is 5.91 Å². The van der Waals surface area contributed by atoms with Gasteiger partial charge in [0.05, 0.1) is 24.5 Å². The number of nitrogens with zero attached hydrogens (tertiary/aromatic N) is 5. The van der Waals surface area contributed by atoms with Crippen LogP contribution in [0, 0.1) is 0 Å². The van der Waals surface area contributed by atoms with Crippen molar-refractivity contribution in [1.29, 1.82) is 0 Å². The fourth-order valence-electron chi connectivity index (χ4n) is 2.18. The fraction of sp³-hybridized carbons (Fsp3) is 0.188. The van der Waals surface area contributed by atoms with Crippen molar-refractivity contribution in [3.05, 3.63) is 71.0 Å². The fourth-order valence-corrected chi connectivity index (χ4v) is 2.38. The van der Waals surface area contributed by atoms with Gasteiger partial charge in [0.2, 0.25) is 0 Å². The van der Waals surface area contributed by atoms with E-state index in [-0.39, 0.29) is 17.6 Å². The number of amides is 1. The van der Waals surface area contributed by atoms with Crippen LogP contribution < -0.4 is 5.32 Å². The highest BCUT2D eigenvalue weighted by Crippen LogP contribution is 2.16. The van der Waals surface area contributed by atoms with Crippen LogP contribution in [0.3, 0.4) is 0 Å². The molecular weight excluding hydrogens is 328 g/mol. The number of nitrogens with one attached hydrogen (secondary N) is 1. The van der Waals surface area contributed by atoms with Gasteiger partial charge in [-0.05, 0) is 24.6 Å². The third kappa shape index (κ3) is 3.75. The van der Waals surface area contributed by atoms with Gasteiger partial charge in [0.1, 0.15) is 6.33 Å². The number of rotatable bonds is 5. The van der Waals surface area contributed by atoms with E-state index in [1.54, 1.807) is 23.1 Å². The highest BCUT2D eigenvalue weighted by molar-refractivity contribution is 6.31. The zero-order valence-corrected chi connectivity index (χ0v) is 13.7. The molecule has 2 heterocycles. The smallest absolute Gasteiger partial charge is 0.273 e. The van der Waals surface area contributed by atoms with Crippen LogP contribution in [0.4, 0.5) is 0 Å². The van der Waals surface area contributed by atoms with E-state index in [1.807, 2.05) is 31.2 Å². The van der Waals surface area contributed by atoms with E-state index in [9.17, 15) is 4.79 Å². The Bertz CT molecular complexity index is 835. The van der Waals surface area contributed by atoms with Crippen LogP contribution in [0.15, 0.2) is 49.1 Å². The van der Waals surface area contributed by atoms with Crippen LogP contribution in [-0.4, -0.2) is 30.9 Å². The molecule has 0 unspecified atom stereocenters. The van der Waals surface area contributed by atoms with Crippen molar-refractivity contribution < 1.29 is 4.79 Å². The van der Waals surface area contributed by atoms with E-state index < -0.39 is 0 Å². The van der Waals surface area contributed by atoms with Crippen molar-refractivity contribution in [2.45, 2.75) is 19.5 Å². The van der Waals surface area contributed by atoms with Gasteiger partial charge in [-0.2, -0.15) is 0 Å². The molecule has 1 N–H and O–H groups in total. The van der Waals surface area contributed by atoms with E-state index in [4.69, 9.17) is 11.6 Å². The molecule has 24 heavy (non-hydrogen) atoms. The molecule has 0 aliphatic rings. The predicted octanol–water partition coefficient (Wildman–Crippen LogP) is 2.26. The van der Waals surface area contributed by atoms with Crippen molar-refractivity contribution in [2.75, 3.05) is 0 Å². The summed E-state index contributed by atoms with van der Waals surface area (Å²) in [5.74, 6) is -0.313. The normalized spacial score (nSPS) is 11.9.